The van der Waals surface area contributed by atoms with Crippen LogP contribution in [0.4, 0.5) is 5.69 Å². The topological polar surface area (TPSA) is 69.6 Å². The SMILES string of the molecule is O=C(Nc1cccc(CN2CCC(C(=O)O)CC2)c1)c1cccs1. The minimum Gasteiger partial charge on any atom is -0.481 e. The lowest BCUT2D eigenvalue weighted by Gasteiger charge is -2.30. The van der Waals surface area contributed by atoms with E-state index in [9.17, 15) is 9.59 Å². The van der Waals surface area contributed by atoms with Gasteiger partial charge in [0.15, 0.2) is 0 Å². The van der Waals surface area contributed by atoms with Gasteiger partial charge in [-0.15, -0.1) is 11.3 Å². The van der Waals surface area contributed by atoms with Gasteiger partial charge in [-0.2, -0.15) is 0 Å². The van der Waals surface area contributed by atoms with Gasteiger partial charge in [0.2, 0.25) is 0 Å². The fraction of sp³-hybridized carbons (Fsp3) is 0.333. The minimum absolute atomic E-state index is 0.0931. The molecule has 3 rings (SSSR count). The summed E-state index contributed by atoms with van der Waals surface area (Å²) in [5, 5.41) is 13.9. The number of hydrogen-bond donors (Lipinski definition) is 2. The molecule has 0 atom stereocenters. The van der Waals surface area contributed by atoms with Crippen molar-refractivity contribution < 1.29 is 14.7 Å². The smallest absolute Gasteiger partial charge is 0.306 e. The third kappa shape index (κ3) is 4.21. The largest absolute Gasteiger partial charge is 0.481 e. The molecule has 1 aromatic carbocycles. The van der Waals surface area contributed by atoms with Gasteiger partial charge in [0, 0.05) is 12.2 Å². The van der Waals surface area contributed by atoms with Crippen molar-refractivity contribution in [1.82, 2.24) is 4.90 Å². The third-order valence-corrected chi connectivity index (χ3v) is 5.14. The summed E-state index contributed by atoms with van der Waals surface area (Å²) in [6.07, 6.45) is 1.40. The molecule has 0 bridgehead atoms. The third-order valence-electron chi connectivity index (χ3n) is 4.27. The van der Waals surface area contributed by atoms with Crippen LogP contribution in [0, 0.1) is 5.92 Å². The number of nitrogens with one attached hydrogen (secondary N) is 1. The molecule has 1 aliphatic heterocycles. The summed E-state index contributed by atoms with van der Waals surface area (Å²) in [5.41, 5.74) is 1.90. The van der Waals surface area contributed by atoms with Crippen LogP contribution in [-0.2, 0) is 11.3 Å². The van der Waals surface area contributed by atoms with E-state index in [1.807, 2.05) is 35.7 Å². The second-order valence-corrected chi connectivity index (χ2v) is 6.97. The fourth-order valence-corrected chi connectivity index (χ4v) is 3.56. The Kier molecular flexibility index (Phi) is 5.27. The van der Waals surface area contributed by atoms with E-state index in [4.69, 9.17) is 5.11 Å². The Hall–Kier alpha value is -2.18. The van der Waals surface area contributed by atoms with Gasteiger partial charge >= 0.3 is 5.97 Å². The average molecular weight is 344 g/mol. The molecule has 2 N–H and O–H groups in total. The van der Waals surface area contributed by atoms with Crippen LogP contribution in [0.1, 0.15) is 28.1 Å². The lowest BCUT2D eigenvalue weighted by molar-refractivity contribution is -0.143. The molecular weight excluding hydrogens is 324 g/mol. The molecule has 5 nitrogen and oxygen atoms in total. The molecule has 0 unspecified atom stereocenters. The van der Waals surface area contributed by atoms with Crippen molar-refractivity contribution in [3.05, 3.63) is 52.2 Å². The normalized spacial score (nSPS) is 16.0. The van der Waals surface area contributed by atoms with Crippen molar-refractivity contribution in [1.29, 1.82) is 0 Å². The number of benzene rings is 1. The monoisotopic (exact) mass is 344 g/mol. The van der Waals surface area contributed by atoms with E-state index in [1.165, 1.54) is 11.3 Å². The Balaban J connectivity index is 1.58. The first-order valence-corrected chi connectivity index (χ1v) is 8.89. The highest BCUT2D eigenvalue weighted by Crippen LogP contribution is 2.21. The first-order chi connectivity index (χ1) is 11.6. The molecule has 0 spiro atoms. The maximum atomic E-state index is 12.1. The predicted octanol–water partition coefficient (Wildman–Crippen LogP) is 3.30. The van der Waals surface area contributed by atoms with E-state index in [0.717, 1.165) is 30.9 Å². The van der Waals surface area contributed by atoms with Gasteiger partial charge in [-0.05, 0) is 55.1 Å². The number of likely N-dealkylation sites (tertiary alicyclic amines) is 1. The Morgan fingerprint density at radius 2 is 2.00 bits per heavy atom. The van der Waals surface area contributed by atoms with Gasteiger partial charge in [-0.25, -0.2) is 0 Å². The number of aliphatic carboxylic acids is 1. The van der Waals surface area contributed by atoms with Crippen LogP contribution >= 0.6 is 11.3 Å². The number of carbonyl (C=O) groups excluding carboxylic acids is 1. The number of thiophene rings is 1. The highest BCUT2D eigenvalue weighted by atomic mass is 32.1. The van der Waals surface area contributed by atoms with Crippen LogP contribution in [0.25, 0.3) is 0 Å². The van der Waals surface area contributed by atoms with Gasteiger partial charge in [-0.3, -0.25) is 14.5 Å². The van der Waals surface area contributed by atoms with E-state index in [2.05, 4.69) is 10.2 Å². The summed E-state index contributed by atoms with van der Waals surface area (Å²) in [6.45, 7) is 2.36. The van der Waals surface area contributed by atoms with Crippen molar-refractivity contribution in [3.63, 3.8) is 0 Å². The van der Waals surface area contributed by atoms with Gasteiger partial charge in [0.25, 0.3) is 5.91 Å². The number of rotatable bonds is 5. The molecule has 6 heteroatoms. The van der Waals surface area contributed by atoms with E-state index in [0.29, 0.717) is 17.7 Å². The van der Waals surface area contributed by atoms with Crippen LogP contribution in [0.5, 0.6) is 0 Å². The molecular formula is C18H20N2O3S. The number of piperidine rings is 1. The van der Waals surface area contributed by atoms with Crippen LogP contribution in [-0.4, -0.2) is 35.0 Å². The number of carboxylic acids is 1. The number of nitrogens with zero attached hydrogens (tertiary/aromatic N) is 1. The minimum atomic E-state index is -0.687. The van der Waals surface area contributed by atoms with E-state index >= 15 is 0 Å². The second-order valence-electron chi connectivity index (χ2n) is 6.02. The molecule has 2 heterocycles. The van der Waals surface area contributed by atoms with Crippen molar-refractivity contribution in [2.24, 2.45) is 5.92 Å². The lowest BCUT2D eigenvalue weighted by atomic mass is 9.97. The zero-order chi connectivity index (χ0) is 16.9. The Bertz CT molecular complexity index is 707. The summed E-state index contributed by atoms with van der Waals surface area (Å²) < 4.78 is 0. The average Bonchev–Trinajstić information content (AvgIpc) is 3.10. The number of amides is 1. The molecule has 0 saturated carbocycles. The Labute approximate surface area is 144 Å². The maximum Gasteiger partial charge on any atom is 0.306 e. The van der Waals surface area contributed by atoms with Gasteiger partial charge in [-0.1, -0.05) is 18.2 Å². The van der Waals surface area contributed by atoms with E-state index in [-0.39, 0.29) is 11.8 Å². The highest BCUT2D eigenvalue weighted by Gasteiger charge is 2.24. The van der Waals surface area contributed by atoms with Crippen LogP contribution in [0.2, 0.25) is 0 Å². The summed E-state index contributed by atoms with van der Waals surface area (Å²) in [7, 11) is 0. The highest BCUT2D eigenvalue weighted by molar-refractivity contribution is 7.12. The van der Waals surface area contributed by atoms with Crippen LogP contribution in [0.3, 0.4) is 0 Å². The van der Waals surface area contributed by atoms with Gasteiger partial charge in [0.1, 0.15) is 0 Å². The number of anilines is 1. The molecule has 0 aliphatic carbocycles. The summed E-state index contributed by atoms with van der Waals surface area (Å²) in [4.78, 5) is 26.1. The molecule has 1 amide bonds. The molecule has 126 valence electrons. The van der Waals surface area contributed by atoms with E-state index in [1.54, 1.807) is 6.07 Å². The standard InChI is InChI=1S/C18H20N2O3S/c21-17(16-5-2-10-24-16)19-15-4-1-3-13(11-15)12-20-8-6-14(7-9-20)18(22)23/h1-5,10-11,14H,6-9,12H2,(H,19,21)(H,22,23). The van der Waals surface area contributed by atoms with Gasteiger partial charge < -0.3 is 10.4 Å². The van der Waals surface area contributed by atoms with Crippen LogP contribution < -0.4 is 5.32 Å². The molecule has 1 saturated heterocycles. The van der Waals surface area contributed by atoms with Crippen molar-refractivity contribution >= 4 is 28.9 Å². The molecule has 1 aliphatic rings. The first-order valence-electron chi connectivity index (χ1n) is 8.01. The van der Waals surface area contributed by atoms with Crippen LogP contribution in [0.15, 0.2) is 41.8 Å². The number of carboxylic acid groups (broad SMARTS) is 1. The van der Waals surface area contributed by atoms with E-state index < -0.39 is 5.97 Å². The quantitative estimate of drug-likeness (QED) is 0.873. The zero-order valence-electron chi connectivity index (χ0n) is 13.3. The predicted molar refractivity (Wildman–Crippen MR) is 94.4 cm³/mol. The maximum absolute atomic E-state index is 12.1. The Morgan fingerprint density at radius 3 is 2.67 bits per heavy atom. The molecule has 1 aromatic heterocycles. The Morgan fingerprint density at radius 1 is 1.21 bits per heavy atom. The van der Waals surface area contributed by atoms with Crippen molar-refractivity contribution in [3.8, 4) is 0 Å². The molecule has 24 heavy (non-hydrogen) atoms. The fourth-order valence-electron chi connectivity index (χ4n) is 2.94. The first kappa shape index (κ1) is 16.7. The molecule has 1 fully saturated rings. The van der Waals surface area contributed by atoms with Gasteiger partial charge in [0.05, 0.1) is 10.8 Å². The van der Waals surface area contributed by atoms with Crippen molar-refractivity contribution in [2.45, 2.75) is 19.4 Å². The molecule has 2 aromatic rings. The summed E-state index contributed by atoms with van der Waals surface area (Å²) >= 11 is 1.42. The second kappa shape index (κ2) is 7.59. The number of hydrogen-bond acceptors (Lipinski definition) is 4. The lowest BCUT2D eigenvalue weighted by Crippen LogP contribution is -2.35. The zero-order valence-corrected chi connectivity index (χ0v) is 14.1. The summed E-state index contributed by atoms with van der Waals surface area (Å²) in [5.74, 6) is -0.991. The van der Waals surface area contributed by atoms with Crippen molar-refractivity contribution in [2.75, 3.05) is 18.4 Å². The number of carbonyl (C=O) groups is 2. The molecule has 0 radical (unpaired) electrons. The summed E-state index contributed by atoms with van der Waals surface area (Å²) in [6, 6.07) is 11.5.